The van der Waals surface area contributed by atoms with Crippen LogP contribution in [-0.4, -0.2) is 26.1 Å². The summed E-state index contributed by atoms with van der Waals surface area (Å²) in [6.07, 6.45) is 2.93. The van der Waals surface area contributed by atoms with Gasteiger partial charge in [0.2, 0.25) is 10.0 Å². The van der Waals surface area contributed by atoms with E-state index in [1.54, 1.807) is 0 Å². The van der Waals surface area contributed by atoms with Crippen molar-refractivity contribution in [1.82, 2.24) is 4.72 Å². The molecule has 0 aliphatic heterocycles. The standard InChI is InChI=1S/C8H16ClNO2S/c1-2-5-13(11,12)10-6-8(9)7-3-4-7/h7-8,10H,2-6H2,1H3. The van der Waals surface area contributed by atoms with Crippen LogP contribution in [0.4, 0.5) is 0 Å². The van der Waals surface area contributed by atoms with Gasteiger partial charge in [0.1, 0.15) is 0 Å². The van der Waals surface area contributed by atoms with Crippen LogP contribution in [0.1, 0.15) is 26.2 Å². The number of nitrogens with one attached hydrogen (secondary N) is 1. The van der Waals surface area contributed by atoms with E-state index in [1.165, 1.54) is 0 Å². The second-order valence-corrected chi connectivity index (χ2v) is 6.01. The Kier molecular flexibility index (Phi) is 4.01. The second-order valence-electron chi connectivity index (χ2n) is 3.52. The first-order valence-corrected chi connectivity index (χ1v) is 6.75. The molecule has 3 nitrogen and oxygen atoms in total. The highest BCUT2D eigenvalue weighted by Gasteiger charge is 2.30. The van der Waals surface area contributed by atoms with Crippen LogP contribution in [0.5, 0.6) is 0 Å². The molecule has 0 aromatic carbocycles. The summed E-state index contributed by atoms with van der Waals surface area (Å²) in [6, 6.07) is 0. The Morgan fingerprint density at radius 1 is 1.54 bits per heavy atom. The van der Waals surface area contributed by atoms with E-state index in [0.717, 1.165) is 12.8 Å². The highest BCUT2D eigenvalue weighted by atomic mass is 35.5. The number of sulfonamides is 1. The maximum Gasteiger partial charge on any atom is 0.211 e. The second kappa shape index (κ2) is 4.62. The largest absolute Gasteiger partial charge is 0.214 e. The van der Waals surface area contributed by atoms with Crippen molar-refractivity contribution in [2.75, 3.05) is 12.3 Å². The molecule has 1 N–H and O–H groups in total. The van der Waals surface area contributed by atoms with Crippen LogP contribution in [0.25, 0.3) is 0 Å². The maximum atomic E-state index is 11.2. The Morgan fingerprint density at radius 2 is 2.15 bits per heavy atom. The molecule has 1 aliphatic carbocycles. The summed E-state index contributed by atoms with van der Waals surface area (Å²) in [7, 11) is -3.07. The normalized spacial score (nSPS) is 20.2. The summed E-state index contributed by atoms with van der Waals surface area (Å²) in [5, 5.41) is -0.0216. The quantitative estimate of drug-likeness (QED) is 0.694. The van der Waals surface area contributed by atoms with E-state index in [1.807, 2.05) is 6.92 Å². The Bertz CT molecular complexity index is 249. The lowest BCUT2D eigenvalue weighted by atomic mass is 10.3. The van der Waals surface area contributed by atoms with E-state index in [2.05, 4.69) is 4.72 Å². The van der Waals surface area contributed by atoms with Gasteiger partial charge in [-0.15, -0.1) is 11.6 Å². The summed E-state index contributed by atoms with van der Waals surface area (Å²) in [4.78, 5) is 0. The third-order valence-electron chi connectivity index (χ3n) is 2.10. The Morgan fingerprint density at radius 3 is 2.62 bits per heavy atom. The van der Waals surface area contributed by atoms with E-state index in [9.17, 15) is 8.42 Å². The lowest BCUT2D eigenvalue weighted by Crippen LogP contribution is -2.32. The number of hydrogen-bond acceptors (Lipinski definition) is 2. The minimum absolute atomic E-state index is 0.0216. The van der Waals surface area contributed by atoms with Crippen molar-refractivity contribution in [3.63, 3.8) is 0 Å². The van der Waals surface area contributed by atoms with Crippen molar-refractivity contribution in [3.05, 3.63) is 0 Å². The van der Waals surface area contributed by atoms with Gasteiger partial charge in [0, 0.05) is 11.9 Å². The van der Waals surface area contributed by atoms with Crippen molar-refractivity contribution in [2.45, 2.75) is 31.6 Å². The third kappa shape index (κ3) is 4.29. The van der Waals surface area contributed by atoms with Gasteiger partial charge < -0.3 is 0 Å². The molecule has 1 atom stereocenters. The lowest BCUT2D eigenvalue weighted by Gasteiger charge is -2.09. The summed E-state index contributed by atoms with van der Waals surface area (Å²) in [5.41, 5.74) is 0. The van der Waals surface area contributed by atoms with Crippen LogP contribution in [0.2, 0.25) is 0 Å². The molecular formula is C8H16ClNO2S. The van der Waals surface area contributed by atoms with Gasteiger partial charge in [-0.05, 0) is 25.2 Å². The monoisotopic (exact) mass is 225 g/mol. The smallest absolute Gasteiger partial charge is 0.211 e. The average molecular weight is 226 g/mol. The fourth-order valence-electron chi connectivity index (χ4n) is 1.17. The van der Waals surface area contributed by atoms with Gasteiger partial charge in [0.25, 0.3) is 0 Å². The number of hydrogen-bond donors (Lipinski definition) is 1. The van der Waals surface area contributed by atoms with Crippen LogP contribution in [0.3, 0.4) is 0 Å². The van der Waals surface area contributed by atoms with Crippen LogP contribution in [-0.2, 0) is 10.0 Å². The van der Waals surface area contributed by atoms with Crippen molar-refractivity contribution < 1.29 is 8.42 Å². The van der Waals surface area contributed by atoms with Crippen LogP contribution < -0.4 is 4.72 Å². The van der Waals surface area contributed by atoms with Crippen molar-refractivity contribution in [1.29, 1.82) is 0 Å². The van der Waals surface area contributed by atoms with Crippen molar-refractivity contribution in [2.24, 2.45) is 5.92 Å². The highest BCUT2D eigenvalue weighted by molar-refractivity contribution is 7.89. The molecule has 1 unspecified atom stereocenters. The molecule has 13 heavy (non-hydrogen) atoms. The molecule has 1 rings (SSSR count). The predicted octanol–water partition coefficient (Wildman–Crippen LogP) is 1.33. The molecule has 0 amide bonds. The van der Waals surface area contributed by atoms with Gasteiger partial charge in [0.15, 0.2) is 0 Å². The molecule has 0 bridgehead atoms. The van der Waals surface area contributed by atoms with Crippen LogP contribution in [0, 0.1) is 5.92 Å². The van der Waals surface area contributed by atoms with E-state index < -0.39 is 10.0 Å². The number of alkyl halides is 1. The molecule has 0 saturated heterocycles. The van der Waals surface area contributed by atoms with Crippen molar-refractivity contribution >= 4 is 21.6 Å². The fourth-order valence-corrected chi connectivity index (χ4v) is 2.71. The highest BCUT2D eigenvalue weighted by Crippen LogP contribution is 2.35. The van der Waals surface area contributed by atoms with Gasteiger partial charge in [-0.2, -0.15) is 0 Å². The van der Waals surface area contributed by atoms with E-state index in [-0.39, 0.29) is 11.1 Å². The van der Waals surface area contributed by atoms with Gasteiger partial charge in [0.05, 0.1) is 5.75 Å². The minimum Gasteiger partial charge on any atom is -0.214 e. The molecule has 5 heteroatoms. The molecule has 78 valence electrons. The van der Waals surface area contributed by atoms with E-state index in [0.29, 0.717) is 18.9 Å². The van der Waals surface area contributed by atoms with Gasteiger partial charge in [-0.3, -0.25) is 0 Å². The maximum absolute atomic E-state index is 11.2. The average Bonchev–Trinajstić information content (AvgIpc) is 2.82. The molecule has 0 heterocycles. The number of halogens is 1. The van der Waals surface area contributed by atoms with Crippen LogP contribution in [0.15, 0.2) is 0 Å². The predicted molar refractivity (Wildman–Crippen MR) is 54.4 cm³/mol. The van der Waals surface area contributed by atoms with Crippen LogP contribution >= 0.6 is 11.6 Å². The van der Waals surface area contributed by atoms with E-state index in [4.69, 9.17) is 11.6 Å². The lowest BCUT2D eigenvalue weighted by molar-refractivity contribution is 0.575. The third-order valence-corrected chi connectivity index (χ3v) is 4.17. The van der Waals surface area contributed by atoms with Gasteiger partial charge in [-0.1, -0.05) is 6.92 Å². The molecule has 0 radical (unpaired) electrons. The molecule has 1 fully saturated rings. The molecular weight excluding hydrogens is 210 g/mol. The van der Waals surface area contributed by atoms with Gasteiger partial charge >= 0.3 is 0 Å². The molecule has 0 aromatic rings. The zero-order valence-electron chi connectivity index (χ0n) is 7.79. The van der Waals surface area contributed by atoms with Crippen molar-refractivity contribution in [3.8, 4) is 0 Å². The molecule has 1 saturated carbocycles. The summed E-state index contributed by atoms with van der Waals surface area (Å²) in [6.45, 7) is 2.23. The molecule has 0 spiro atoms. The first-order chi connectivity index (χ1) is 6.05. The van der Waals surface area contributed by atoms with E-state index >= 15 is 0 Å². The fraction of sp³-hybridized carbons (Fsp3) is 1.00. The zero-order valence-corrected chi connectivity index (χ0v) is 9.37. The Balaban J connectivity index is 2.23. The molecule has 0 aromatic heterocycles. The minimum atomic E-state index is -3.07. The first-order valence-electron chi connectivity index (χ1n) is 4.66. The van der Waals surface area contributed by atoms with Gasteiger partial charge in [-0.25, -0.2) is 13.1 Å². The summed E-state index contributed by atoms with van der Waals surface area (Å²) in [5.74, 6) is 0.729. The molecule has 1 aliphatic rings. The summed E-state index contributed by atoms with van der Waals surface area (Å²) >= 11 is 5.96. The first kappa shape index (κ1) is 11.3. The SMILES string of the molecule is CCCS(=O)(=O)NCC(Cl)C1CC1. The summed E-state index contributed by atoms with van der Waals surface area (Å²) < 4.78 is 24.9. The number of rotatable bonds is 6. The topological polar surface area (TPSA) is 46.2 Å². The Labute approximate surface area is 84.9 Å². The Hall–Kier alpha value is 0.200. The zero-order chi connectivity index (χ0) is 9.90.